The van der Waals surface area contributed by atoms with Crippen molar-refractivity contribution < 1.29 is 4.79 Å². The number of hydrogen-bond acceptors (Lipinski definition) is 1. The zero-order valence-corrected chi connectivity index (χ0v) is 15.3. The number of alkyl halides is 1. The second-order valence-corrected chi connectivity index (χ2v) is 7.14. The molecule has 118 valence electrons. The van der Waals surface area contributed by atoms with Crippen molar-refractivity contribution in [3.8, 4) is 0 Å². The molecule has 1 rings (SSSR count). The summed E-state index contributed by atoms with van der Waals surface area (Å²) in [7, 11) is 0. The van der Waals surface area contributed by atoms with Crippen LogP contribution in [0.4, 0.5) is 0 Å². The van der Waals surface area contributed by atoms with Gasteiger partial charge < -0.3 is 0 Å². The van der Waals surface area contributed by atoms with E-state index in [1.807, 2.05) is 0 Å². The van der Waals surface area contributed by atoms with E-state index in [-0.39, 0.29) is 10.6 Å². The Morgan fingerprint density at radius 2 is 1.52 bits per heavy atom. The predicted molar refractivity (Wildman–Crippen MR) is 95.7 cm³/mol. The van der Waals surface area contributed by atoms with Crippen LogP contribution in [0.5, 0.6) is 0 Å². The molecule has 1 unspecified atom stereocenters. The first-order valence-electron chi connectivity index (χ1n) is 8.09. The highest BCUT2D eigenvalue weighted by molar-refractivity contribution is 9.10. The molecule has 0 fully saturated rings. The Bertz CT molecular complexity index is 402. The van der Waals surface area contributed by atoms with Gasteiger partial charge in [0.1, 0.15) is 0 Å². The fourth-order valence-electron chi connectivity index (χ4n) is 2.38. The molecule has 0 spiro atoms. The first-order valence-corrected chi connectivity index (χ1v) is 9.38. The minimum atomic E-state index is -0.0706. The van der Waals surface area contributed by atoms with Crippen molar-refractivity contribution in [2.75, 3.05) is 0 Å². The molecular weight excluding hydrogens is 348 g/mol. The molecule has 0 saturated heterocycles. The molecule has 0 radical (unpaired) electrons. The summed E-state index contributed by atoms with van der Waals surface area (Å²) in [6.45, 7) is 2.24. The molecule has 21 heavy (non-hydrogen) atoms. The molecule has 0 N–H and O–H groups in total. The number of Topliss-reactive ketones (excluding diaryl/α,β-unsaturated/α-hetero) is 1. The Labute approximate surface area is 142 Å². The maximum atomic E-state index is 12.2. The SMILES string of the molecule is CCCCCCCCCCC(Br)C(=O)c1ccc(Cl)cc1. The van der Waals surface area contributed by atoms with Gasteiger partial charge in [-0.1, -0.05) is 85.8 Å². The molecule has 1 atom stereocenters. The minimum Gasteiger partial charge on any atom is -0.293 e. The summed E-state index contributed by atoms with van der Waals surface area (Å²) in [4.78, 5) is 12.1. The summed E-state index contributed by atoms with van der Waals surface area (Å²) in [6, 6.07) is 7.13. The summed E-state index contributed by atoms with van der Waals surface area (Å²) in [5.74, 6) is 0.162. The topological polar surface area (TPSA) is 17.1 Å². The summed E-state index contributed by atoms with van der Waals surface area (Å²) in [5.41, 5.74) is 0.737. The first kappa shape index (κ1) is 18.7. The van der Waals surface area contributed by atoms with Crippen LogP contribution in [0.15, 0.2) is 24.3 Å². The molecule has 0 aliphatic rings. The van der Waals surface area contributed by atoms with E-state index in [0.29, 0.717) is 5.02 Å². The molecule has 1 aromatic rings. The smallest absolute Gasteiger partial charge is 0.176 e. The van der Waals surface area contributed by atoms with Crippen molar-refractivity contribution in [2.24, 2.45) is 0 Å². The van der Waals surface area contributed by atoms with E-state index in [2.05, 4.69) is 22.9 Å². The standard InChI is InChI=1S/C18H26BrClO/c1-2-3-4-5-6-7-8-9-10-17(19)18(21)15-11-13-16(20)14-12-15/h11-14,17H,2-10H2,1H3. The van der Waals surface area contributed by atoms with Crippen molar-refractivity contribution in [2.45, 2.75) is 69.5 Å². The van der Waals surface area contributed by atoms with Gasteiger partial charge in [-0.25, -0.2) is 0 Å². The fourth-order valence-corrected chi connectivity index (χ4v) is 3.10. The Kier molecular flexibility index (Phi) is 10.0. The first-order chi connectivity index (χ1) is 10.1. The molecule has 0 heterocycles. The lowest BCUT2D eigenvalue weighted by atomic mass is 10.0. The van der Waals surface area contributed by atoms with Gasteiger partial charge in [-0.3, -0.25) is 4.79 Å². The third kappa shape index (κ3) is 8.01. The van der Waals surface area contributed by atoms with Crippen molar-refractivity contribution >= 4 is 33.3 Å². The number of benzene rings is 1. The second kappa shape index (κ2) is 11.3. The zero-order chi connectivity index (χ0) is 15.5. The molecule has 0 saturated carbocycles. The van der Waals surface area contributed by atoms with Crippen LogP contribution in [0.25, 0.3) is 0 Å². The van der Waals surface area contributed by atoms with Gasteiger partial charge in [0, 0.05) is 10.6 Å². The summed E-state index contributed by atoms with van der Waals surface area (Å²) < 4.78 is 0. The number of hydrogen-bond donors (Lipinski definition) is 0. The van der Waals surface area contributed by atoms with Crippen molar-refractivity contribution in [3.63, 3.8) is 0 Å². The van der Waals surface area contributed by atoms with E-state index in [0.717, 1.165) is 18.4 Å². The minimum absolute atomic E-state index is 0.0706. The lowest BCUT2D eigenvalue weighted by Crippen LogP contribution is -2.13. The quantitative estimate of drug-likeness (QED) is 0.236. The summed E-state index contributed by atoms with van der Waals surface area (Å²) in [6.07, 6.45) is 11.3. The Balaban J connectivity index is 2.14. The van der Waals surface area contributed by atoms with Crippen LogP contribution >= 0.6 is 27.5 Å². The number of carbonyl (C=O) groups excluding carboxylic acids is 1. The second-order valence-electron chi connectivity index (χ2n) is 5.60. The Morgan fingerprint density at radius 1 is 1.00 bits per heavy atom. The van der Waals surface area contributed by atoms with E-state index in [1.54, 1.807) is 24.3 Å². The molecule has 0 amide bonds. The average Bonchev–Trinajstić information content (AvgIpc) is 2.49. The van der Waals surface area contributed by atoms with Gasteiger partial charge in [0.25, 0.3) is 0 Å². The maximum absolute atomic E-state index is 12.2. The highest BCUT2D eigenvalue weighted by Gasteiger charge is 2.16. The molecule has 0 aliphatic carbocycles. The fraction of sp³-hybridized carbons (Fsp3) is 0.611. The van der Waals surface area contributed by atoms with Gasteiger partial charge in [-0.05, 0) is 30.7 Å². The van der Waals surface area contributed by atoms with Crippen LogP contribution in [0, 0.1) is 0 Å². The third-order valence-electron chi connectivity index (χ3n) is 3.72. The lowest BCUT2D eigenvalue weighted by Gasteiger charge is -2.09. The number of unbranched alkanes of at least 4 members (excludes halogenated alkanes) is 7. The number of rotatable bonds is 11. The van der Waals surface area contributed by atoms with Crippen LogP contribution in [0.2, 0.25) is 5.02 Å². The molecule has 3 heteroatoms. The lowest BCUT2D eigenvalue weighted by molar-refractivity contribution is 0.0988. The summed E-state index contributed by atoms with van der Waals surface area (Å²) in [5, 5.41) is 0.667. The van der Waals surface area contributed by atoms with Gasteiger partial charge in [-0.15, -0.1) is 0 Å². The van der Waals surface area contributed by atoms with Crippen LogP contribution < -0.4 is 0 Å². The molecule has 0 aromatic heterocycles. The summed E-state index contributed by atoms with van der Waals surface area (Å²) >= 11 is 9.36. The molecule has 0 aliphatic heterocycles. The molecule has 1 nitrogen and oxygen atoms in total. The number of carbonyl (C=O) groups is 1. The highest BCUT2D eigenvalue weighted by Crippen LogP contribution is 2.19. The molecule has 0 bridgehead atoms. The van der Waals surface area contributed by atoms with Crippen molar-refractivity contribution in [1.29, 1.82) is 0 Å². The van der Waals surface area contributed by atoms with Crippen molar-refractivity contribution in [3.05, 3.63) is 34.9 Å². The van der Waals surface area contributed by atoms with Gasteiger partial charge in [0.15, 0.2) is 5.78 Å². The van der Waals surface area contributed by atoms with Gasteiger partial charge in [0.2, 0.25) is 0 Å². The van der Waals surface area contributed by atoms with E-state index in [4.69, 9.17) is 11.6 Å². The van der Waals surface area contributed by atoms with E-state index >= 15 is 0 Å². The van der Waals surface area contributed by atoms with Crippen LogP contribution in [0.3, 0.4) is 0 Å². The normalized spacial score (nSPS) is 12.3. The van der Waals surface area contributed by atoms with Crippen LogP contribution in [0.1, 0.15) is 75.1 Å². The number of halogens is 2. The van der Waals surface area contributed by atoms with Gasteiger partial charge in [-0.2, -0.15) is 0 Å². The van der Waals surface area contributed by atoms with Gasteiger partial charge in [0.05, 0.1) is 4.83 Å². The Hall–Kier alpha value is -0.340. The van der Waals surface area contributed by atoms with E-state index in [9.17, 15) is 4.79 Å². The largest absolute Gasteiger partial charge is 0.293 e. The van der Waals surface area contributed by atoms with Gasteiger partial charge >= 0.3 is 0 Å². The monoisotopic (exact) mass is 372 g/mol. The zero-order valence-electron chi connectivity index (χ0n) is 12.9. The Morgan fingerprint density at radius 3 is 2.10 bits per heavy atom. The van der Waals surface area contributed by atoms with Crippen LogP contribution in [-0.2, 0) is 0 Å². The highest BCUT2D eigenvalue weighted by atomic mass is 79.9. The maximum Gasteiger partial charge on any atom is 0.176 e. The predicted octanol–water partition coefficient (Wildman–Crippen LogP) is 6.82. The van der Waals surface area contributed by atoms with Crippen LogP contribution in [-0.4, -0.2) is 10.6 Å². The van der Waals surface area contributed by atoms with E-state index < -0.39 is 0 Å². The molecule has 1 aromatic carbocycles. The average molecular weight is 374 g/mol. The van der Waals surface area contributed by atoms with E-state index in [1.165, 1.54) is 44.9 Å². The van der Waals surface area contributed by atoms with Crippen molar-refractivity contribution in [1.82, 2.24) is 0 Å². The number of ketones is 1. The molecular formula is C18H26BrClO. The third-order valence-corrected chi connectivity index (χ3v) is 4.85.